The van der Waals surface area contributed by atoms with Gasteiger partial charge in [0.15, 0.2) is 0 Å². The second-order valence-electron chi connectivity index (χ2n) is 8.35. The molecule has 0 aliphatic carbocycles. The lowest BCUT2D eigenvalue weighted by Gasteiger charge is -2.16. The number of carbonyl (C=O) groups is 2. The summed E-state index contributed by atoms with van der Waals surface area (Å²) in [4.78, 5) is 40.0. The second-order valence-corrected chi connectivity index (χ2v) is 8.35. The summed E-state index contributed by atoms with van der Waals surface area (Å²) in [6.07, 6.45) is 4.53. The van der Waals surface area contributed by atoms with Gasteiger partial charge in [-0.3, -0.25) is 19.5 Å². The Hall–Kier alpha value is -3.61. The lowest BCUT2D eigenvalue weighted by atomic mass is 10.0. The van der Waals surface area contributed by atoms with Gasteiger partial charge in [-0.1, -0.05) is 44.4 Å². The van der Waals surface area contributed by atoms with Crippen molar-refractivity contribution in [3.8, 4) is 11.4 Å². The topological polar surface area (TPSA) is 84.4 Å². The highest BCUT2D eigenvalue weighted by Gasteiger charge is 2.42. The summed E-state index contributed by atoms with van der Waals surface area (Å²) >= 11 is 0. The number of aromatic nitrogens is 2. The number of amides is 2. The Morgan fingerprint density at radius 3 is 2.36 bits per heavy atom. The summed E-state index contributed by atoms with van der Waals surface area (Å²) < 4.78 is 7.17. The van der Waals surface area contributed by atoms with Gasteiger partial charge in [-0.15, -0.1) is 0 Å². The third-order valence-electron chi connectivity index (χ3n) is 6.03. The van der Waals surface area contributed by atoms with E-state index in [1.54, 1.807) is 31.2 Å². The first-order valence-electron chi connectivity index (χ1n) is 11.5. The minimum Gasteiger partial charge on any atom is -0.494 e. The van der Waals surface area contributed by atoms with Crippen LogP contribution >= 0.6 is 0 Å². The fraction of sp³-hybridized carbons (Fsp3) is 0.346. The molecule has 1 aliphatic heterocycles. The molecule has 0 unspecified atom stereocenters. The van der Waals surface area contributed by atoms with Crippen LogP contribution in [-0.2, 0) is 9.59 Å². The van der Waals surface area contributed by atoms with E-state index in [1.807, 2.05) is 30.3 Å². The zero-order chi connectivity index (χ0) is 23.4. The molecule has 0 radical (unpaired) electrons. The molecular formula is C26H29N3O4. The average molecular weight is 448 g/mol. The van der Waals surface area contributed by atoms with Gasteiger partial charge in [-0.2, -0.15) is 0 Å². The van der Waals surface area contributed by atoms with E-state index >= 15 is 0 Å². The van der Waals surface area contributed by atoms with Crippen molar-refractivity contribution in [1.29, 1.82) is 0 Å². The predicted octanol–water partition coefficient (Wildman–Crippen LogP) is 4.48. The fourth-order valence-corrected chi connectivity index (χ4v) is 4.18. The van der Waals surface area contributed by atoms with E-state index in [0.29, 0.717) is 35.0 Å². The van der Waals surface area contributed by atoms with Crippen LogP contribution in [0.4, 0.5) is 5.69 Å². The molecule has 7 heteroatoms. The third-order valence-corrected chi connectivity index (χ3v) is 6.03. The summed E-state index contributed by atoms with van der Waals surface area (Å²) in [5.74, 6) is -0.626. The molecule has 3 aromatic rings. The Balaban J connectivity index is 1.50. The van der Waals surface area contributed by atoms with Crippen LogP contribution in [-0.4, -0.2) is 28.2 Å². The quantitative estimate of drug-likeness (QED) is 0.387. The molecule has 1 saturated heterocycles. The van der Waals surface area contributed by atoms with Crippen molar-refractivity contribution in [2.45, 2.75) is 51.9 Å². The Labute approximate surface area is 193 Å². The number of ether oxygens (including phenoxy) is 1. The summed E-state index contributed by atoms with van der Waals surface area (Å²) in [5, 5.41) is 3.06. The number of aromatic amines is 1. The number of unbranched alkanes of at least 4 members (excludes halogenated alkanes) is 3. The van der Waals surface area contributed by atoms with E-state index in [1.165, 1.54) is 22.4 Å². The molecule has 1 N–H and O–H groups in total. The Bertz CT molecular complexity index is 1180. The van der Waals surface area contributed by atoms with E-state index in [0.717, 1.165) is 12.8 Å². The average Bonchev–Trinajstić information content (AvgIpc) is 3.29. The van der Waals surface area contributed by atoms with Gasteiger partial charge in [-0.05, 0) is 49.7 Å². The molecule has 2 aromatic carbocycles. The summed E-state index contributed by atoms with van der Waals surface area (Å²) in [5.41, 5.74) is 1.88. The van der Waals surface area contributed by atoms with Gasteiger partial charge in [0.2, 0.25) is 11.8 Å². The standard InChI is InChI=1S/C26H29N3O4/c1-3-4-5-9-16-33-21-14-12-19(13-15-21)28-23(30)17-22(26(28)32)24-18(2)25(31)29(27-24)20-10-7-6-8-11-20/h6-8,10-15,22,27H,3-5,9,16-17H2,1-2H3/t22-/m1/s1. The van der Waals surface area contributed by atoms with Gasteiger partial charge in [0.25, 0.3) is 5.56 Å². The van der Waals surface area contributed by atoms with Crippen LogP contribution in [0, 0.1) is 6.92 Å². The number of nitrogens with zero attached hydrogens (tertiary/aromatic N) is 2. The number of benzene rings is 2. The van der Waals surface area contributed by atoms with Gasteiger partial charge in [0, 0.05) is 12.0 Å². The van der Waals surface area contributed by atoms with Crippen molar-refractivity contribution in [2.75, 3.05) is 11.5 Å². The third kappa shape index (κ3) is 4.62. The highest BCUT2D eigenvalue weighted by Crippen LogP contribution is 2.34. The molecule has 0 bridgehead atoms. The van der Waals surface area contributed by atoms with Gasteiger partial charge in [0.05, 0.1) is 29.6 Å². The van der Waals surface area contributed by atoms with Crippen molar-refractivity contribution in [1.82, 2.24) is 9.78 Å². The Kier molecular flexibility index (Phi) is 6.77. The number of nitrogens with one attached hydrogen (secondary N) is 1. The Morgan fingerprint density at radius 2 is 1.67 bits per heavy atom. The van der Waals surface area contributed by atoms with Crippen LogP contribution in [0.1, 0.15) is 56.2 Å². The number of rotatable bonds is 9. The molecular weight excluding hydrogens is 418 g/mol. The van der Waals surface area contributed by atoms with Gasteiger partial charge in [0.1, 0.15) is 5.75 Å². The van der Waals surface area contributed by atoms with Crippen LogP contribution in [0.15, 0.2) is 59.4 Å². The smallest absolute Gasteiger partial charge is 0.274 e. The van der Waals surface area contributed by atoms with Gasteiger partial charge >= 0.3 is 0 Å². The molecule has 2 amide bonds. The molecule has 0 saturated carbocycles. The van der Waals surface area contributed by atoms with Crippen molar-refractivity contribution in [3.63, 3.8) is 0 Å². The summed E-state index contributed by atoms with van der Waals surface area (Å²) in [6.45, 7) is 4.50. The van der Waals surface area contributed by atoms with Crippen LogP contribution in [0.2, 0.25) is 0 Å². The lowest BCUT2D eigenvalue weighted by molar-refractivity contribution is -0.121. The van der Waals surface area contributed by atoms with Gasteiger partial charge in [-0.25, -0.2) is 9.58 Å². The van der Waals surface area contributed by atoms with Crippen molar-refractivity contribution < 1.29 is 14.3 Å². The van der Waals surface area contributed by atoms with Crippen molar-refractivity contribution in [2.24, 2.45) is 0 Å². The molecule has 1 aliphatic rings. The maximum Gasteiger partial charge on any atom is 0.274 e. The molecule has 1 aromatic heterocycles. The Morgan fingerprint density at radius 1 is 0.939 bits per heavy atom. The lowest BCUT2D eigenvalue weighted by Crippen LogP contribution is -2.30. The molecule has 2 heterocycles. The summed E-state index contributed by atoms with van der Waals surface area (Å²) in [7, 11) is 0. The van der Waals surface area contributed by atoms with E-state index in [4.69, 9.17) is 4.74 Å². The molecule has 1 fully saturated rings. The number of carbonyl (C=O) groups excluding carboxylic acids is 2. The van der Waals surface area contributed by atoms with E-state index in [2.05, 4.69) is 12.0 Å². The zero-order valence-electron chi connectivity index (χ0n) is 19.0. The van der Waals surface area contributed by atoms with E-state index < -0.39 is 5.92 Å². The monoisotopic (exact) mass is 447 g/mol. The first-order chi connectivity index (χ1) is 16.0. The molecule has 172 valence electrons. The van der Waals surface area contributed by atoms with Gasteiger partial charge < -0.3 is 4.74 Å². The maximum atomic E-state index is 13.2. The SMILES string of the molecule is CCCCCCOc1ccc(N2C(=O)C[C@H](c3[nH]n(-c4ccccc4)c(=O)c3C)C2=O)cc1. The minimum absolute atomic E-state index is 0.0180. The van der Waals surface area contributed by atoms with Crippen LogP contribution in [0.5, 0.6) is 5.75 Å². The number of hydrogen-bond acceptors (Lipinski definition) is 4. The molecule has 33 heavy (non-hydrogen) atoms. The highest BCUT2D eigenvalue weighted by atomic mass is 16.5. The maximum absolute atomic E-state index is 13.2. The summed E-state index contributed by atoms with van der Waals surface area (Å²) in [6, 6.07) is 16.2. The first kappa shape index (κ1) is 22.6. The molecule has 0 spiro atoms. The molecule has 4 rings (SSSR count). The predicted molar refractivity (Wildman–Crippen MR) is 127 cm³/mol. The number of para-hydroxylation sites is 1. The first-order valence-corrected chi connectivity index (χ1v) is 11.5. The van der Waals surface area contributed by atoms with Crippen LogP contribution in [0.25, 0.3) is 5.69 Å². The van der Waals surface area contributed by atoms with Crippen LogP contribution in [0.3, 0.4) is 0 Å². The van der Waals surface area contributed by atoms with E-state index in [9.17, 15) is 14.4 Å². The number of anilines is 1. The fourth-order valence-electron chi connectivity index (χ4n) is 4.18. The highest BCUT2D eigenvalue weighted by molar-refractivity contribution is 6.22. The molecule has 7 nitrogen and oxygen atoms in total. The van der Waals surface area contributed by atoms with E-state index in [-0.39, 0.29) is 23.8 Å². The number of H-pyrrole nitrogens is 1. The molecule has 1 atom stereocenters. The number of imide groups is 1. The minimum atomic E-state index is -0.718. The number of hydrogen-bond donors (Lipinski definition) is 1. The normalized spacial score (nSPS) is 15.9. The van der Waals surface area contributed by atoms with Crippen molar-refractivity contribution >= 4 is 17.5 Å². The van der Waals surface area contributed by atoms with Crippen LogP contribution < -0.4 is 15.2 Å². The largest absolute Gasteiger partial charge is 0.494 e. The van der Waals surface area contributed by atoms with Crippen molar-refractivity contribution in [3.05, 3.63) is 76.2 Å². The zero-order valence-corrected chi connectivity index (χ0v) is 19.0. The second kappa shape index (κ2) is 9.90.